The summed E-state index contributed by atoms with van der Waals surface area (Å²) in [6, 6.07) is 9.50. The first-order valence-corrected chi connectivity index (χ1v) is 11.2. The summed E-state index contributed by atoms with van der Waals surface area (Å²) in [5.74, 6) is 0.667. The molecule has 7 nitrogen and oxygen atoms in total. The quantitative estimate of drug-likeness (QED) is 0.552. The second kappa shape index (κ2) is 9.38. The van der Waals surface area contributed by atoms with Crippen LogP contribution in [-0.4, -0.2) is 58.4 Å². The van der Waals surface area contributed by atoms with Crippen molar-refractivity contribution in [1.82, 2.24) is 19.7 Å². The number of pyridine rings is 1. The topological polar surface area (TPSA) is 63.5 Å². The summed E-state index contributed by atoms with van der Waals surface area (Å²) >= 11 is 12.7. The lowest BCUT2D eigenvalue weighted by molar-refractivity contribution is -0.134. The van der Waals surface area contributed by atoms with Gasteiger partial charge in [-0.25, -0.2) is 0 Å². The van der Waals surface area contributed by atoms with Gasteiger partial charge in [0.05, 0.1) is 22.8 Å². The monoisotopic (exact) mass is 473 g/mol. The van der Waals surface area contributed by atoms with Crippen molar-refractivity contribution >= 4 is 34.8 Å². The van der Waals surface area contributed by atoms with Gasteiger partial charge in [0.2, 0.25) is 5.91 Å². The van der Waals surface area contributed by atoms with Gasteiger partial charge in [-0.15, -0.1) is 0 Å². The molecule has 2 aromatic heterocycles. The van der Waals surface area contributed by atoms with Gasteiger partial charge in [0.25, 0.3) is 0 Å². The molecule has 9 heteroatoms. The molecule has 0 aliphatic carbocycles. The molecule has 168 valence electrons. The van der Waals surface area contributed by atoms with Crippen LogP contribution in [0.25, 0.3) is 11.3 Å². The number of amides is 1. The molecule has 32 heavy (non-hydrogen) atoms. The molecule has 1 aliphatic heterocycles. The fraction of sp³-hybridized carbons (Fsp3) is 0.348. The first-order valence-electron chi connectivity index (χ1n) is 10.4. The Hall–Kier alpha value is -2.77. The van der Waals surface area contributed by atoms with Crippen molar-refractivity contribution in [3.8, 4) is 17.0 Å². The maximum absolute atomic E-state index is 13.1. The number of carbonyl (C=O) groups excluding carboxylic acids is 1. The molecule has 0 N–H and O–H groups in total. The fourth-order valence-electron chi connectivity index (χ4n) is 4.00. The molecule has 1 aliphatic rings. The van der Waals surface area contributed by atoms with Crippen molar-refractivity contribution in [2.75, 3.05) is 31.6 Å². The Labute approximate surface area is 197 Å². The van der Waals surface area contributed by atoms with E-state index in [1.807, 2.05) is 42.2 Å². The average molecular weight is 474 g/mol. The zero-order valence-corrected chi connectivity index (χ0v) is 19.8. The van der Waals surface area contributed by atoms with Crippen LogP contribution in [0.4, 0.5) is 5.69 Å². The Kier molecular flexibility index (Phi) is 6.58. The second-order valence-electron chi connectivity index (χ2n) is 7.84. The first kappa shape index (κ1) is 22.4. The molecule has 0 saturated carbocycles. The van der Waals surface area contributed by atoms with Crippen LogP contribution < -0.4 is 9.64 Å². The lowest BCUT2D eigenvalue weighted by Gasteiger charge is -2.41. The van der Waals surface area contributed by atoms with Gasteiger partial charge < -0.3 is 14.5 Å². The second-order valence-corrected chi connectivity index (χ2v) is 8.63. The molecular weight excluding hydrogens is 449 g/mol. The van der Waals surface area contributed by atoms with E-state index >= 15 is 0 Å². The van der Waals surface area contributed by atoms with Crippen LogP contribution in [-0.2, 0) is 11.3 Å². The molecule has 3 aromatic rings. The van der Waals surface area contributed by atoms with Gasteiger partial charge in [0.1, 0.15) is 18.0 Å². The molecule has 0 spiro atoms. The van der Waals surface area contributed by atoms with Gasteiger partial charge >= 0.3 is 0 Å². The third-order valence-electron chi connectivity index (χ3n) is 5.82. The van der Waals surface area contributed by atoms with Gasteiger partial charge in [-0.05, 0) is 38.1 Å². The number of halogens is 2. The number of aromatic nitrogens is 3. The number of piperazine rings is 1. The van der Waals surface area contributed by atoms with Crippen molar-refractivity contribution in [2.24, 2.45) is 0 Å². The van der Waals surface area contributed by atoms with Crippen molar-refractivity contribution < 1.29 is 9.53 Å². The van der Waals surface area contributed by atoms with E-state index < -0.39 is 0 Å². The van der Waals surface area contributed by atoms with Crippen LogP contribution in [0.3, 0.4) is 0 Å². The number of anilines is 1. The standard InChI is InChI=1S/C23H25Cl2N5O2/c1-15-13-28(18-4-5-19(24)20(12-18)32-3)10-11-29(15)21(31)14-30-16(2)22(25)23(27-30)17-6-8-26-9-7-17/h4-9,12,15H,10-11,13-14H2,1-3H3/t15-/m0/s1. The molecule has 4 rings (SSSR count). The maximum atomic E-state index is 13.1. The lowest BCUT2D eigenvalue weighted by atomic mass is 10.1. The summed E-state index contributed by atoms with van der Waals surface area (Å²) in [5, 5.41) is 5.74. The summed E-state index contributed by atoms with van der Waals surface area (Å²) in [7, 11) is 1.61. The Bertz CT molecular complexity index is 1120. The van der Waals surface area contributed by atoms with Crippen LogP contribution in [0.2, 0.25) is 10.0 Å². The minimum atomic E-state index is 0.0226. The predicted octanol–water partition coefficient (Wildman–Crippen LogP) is 4.31. The molecule has 3 heterocycles. The third-order valence-corrected chi connectivity index (χ3v) is 6.58. The highest BCUT2D eigenvalue weighted by molar-refractivity contribution is 6.33. The minimum Gasteiger partial charge on any atom is -0.495 e. The SMILES string of the molecule is COc1cc(N2CCN(C(=O)Cn3nc(-c4ccncc4)c(Cl)c3C)[C@@H](C)C2)ccc1Cl. The highest BCUT2D eigenvalue weighted by atomic mass is 35.5. The smallest absolute Gasteiger partial charge is 0.244 e. The van der Waals surface area contributed by atoms with Gasteiger partial charge in [0.15, 0.2) is 0 Å². The predicted molar refractivity (Wildman–Crippen MR) is 127 cm³/mol. The van der Waals surface area contributed by atoms with E-state index in [9.17, 15) is 4.79 Å². The van der Waals surface area contributed by atoms with Crippen LogP contribution in [0.1, 0.15) is 12.6 Å². The van der Waals surface area contributed by atoms with Gasteiger partial charge in [-0.3, -0.25) is 14.5 Å². The van der Waals surface area contributed by atoms with Crippen molar-refractivity contribution in [2.45, 2.75) is 26.4 Å². The summed E-state index contributed by atoms with van der Waals surface area (Å²) in [4.78, 5) is 21.3. The van der Waals surface area contributed by atoms with E-state index in [2.05, 4.69) is 21.9 Å². The third kappa shape index (κ3) is 4.40. The van der Waals surface area contributed by atoms with Gasteiger partial charge in [-0.2, -0.15) is 5.10 Å². The fourth-order valence-corrected chi connectivity index (χ4v) is 4.44. The molecule has 1 aromatic carbocycles. The number of ether oxygens (including phenoxy) is 1. The van der Waals surface area contributed by atoms with Crippen molar-refractivity contribution in [1.29, 1.82) is 0 Å². The summed E-state index contributed by atoms with van der Waals surface area (Å²) < 4.78 is 7.02. The number of nitrogens with zero attached hydrogens (tertiary/aromatic N) is 5. The number of benzene rings is 1. The molecule has 1 amide bonds. The Morgan fingerprint density at radius 2 is 1.94 bits per heavy atom. The van der Waals surface area contributed by atoms with Crippen LogP contribution in [0.5, 0.6) is 5.75 Å². The highest BCUT2D eigenvalue weighted by Gasteiger charge is 2.29. The van der Waals surface area contributed by atoms with E-state index in [0.29, 0.717) is 28.0 Å². The molecule has 1 saturated heterocycles. The number of carbonyl (C=O) groups is 1. The molecule has 0 bridgehead atoms. The summed E-state index contributed by atoms with van der Waals surface area (Å²) in [6.07, 6.45) is 3.39. The normalized spacial score (nSPS) is 16.3. The number of methoxy groups -OCH3 is 1. The van der Waals surface area contributed by atoms with Crippen molar-refractivity contribution in [3.05, 3.63) is 58.5 Å². The van der Waals surface area contributed by atoms with Crippen LogP contribution in [0.15, 0.2) is 42.7 Å². The van der Waals surface area contributed by atoms with Crippen LogP contribution >= 0.6 is 23.2 Å². The average Bonchev–Trinajstić information content (AvgIpc) is 3.08. The highest BCUT2D eigenvalue weighted by Crippen LogP contribution is 2.31. The van der Waals surface area contributed by atoms with E-state index in [1.54, 1.807) is 24.2 Å². The Morgan fingerprint density at radius 1 is 1.19 bits per heavy atom. The molecule has 1 fully saturated rings. The molecule has 1 atom stereocenters. The number of rotatable bonds is 5. The van der Waals surface area contributed by atoms with E-state index in [4.69, 9.17) is 27.9 Å². The number of hydrogen-bond donors (Lipinski definition) is 0. The van der Waals surface area contributed by atoms with Gasteiger partial charge in [0, 0.05) is 55.4 Å². The molecule has 0 unspecified atom stereocenters. The van der Waals surface area contributed by atoms with Gasteiger partial charge in [-0.1, -0.05) is 23.2 Å². The largest absolute Gasteiger partial charge is 0.495 e. The van der Waals surface area contributed by atoms with Crippen LogP contribution in [0, 0.1) is 6.92 Å². The first-order chi connectivity index (χ1) is 15.4. The van der Waals surface area contributed by atoms with Crippen molar-refractivity contribution in [3.63, 3.8) is 0 Å². The summed E-state index contributed by atoms with van der Waals surface area (Å²) in [6.45, 7) is 6.15. The van der Waals surface area contributed by atoms with E-state index in [1.165, 1.54) is 0 Å². The Balaban J connectivity index is 1.45. The molecular formula is C23H25Cl2N5O2. The van der Waals surface area contributed by atoms with E-state index in [-0.39, 0.29) is 18.5 Å². The maximum Gasteiger partial charge on any atom is 0.244 e. The molecule has 0 radical (unpaired) electrons. The Morgan fingerprint density at radius 3 is 2.62 bits per heavy atom. The van der Waals surface area contributed by atoms with E-state index in [0.717, 1.165) is 30.0 Å². The summed E-state index contributed by atoms with van der Waals surface area (Å²) in [5.41, 5.74) is 3.34. The number of hydrogen-bond acceptors (Lipinski definition) is 5. The minimum absolute atomic E-state index is 0.0226. The zero-order chi connectivity index (χ0) is 22.8. The zero-order valence-electron chi connectivity index (χ0n) is 18.3. The lowest BCUT2D eigenvalue weighted by Crippen LogP contribution is -2.54.